The van der Waals surface area contributed by atoms with Crippen LogP contribution in [0.2, 0.25) is 0 Å². The van der Waals surface area contributed by atoms with Crippen LogP contribution in [0, 0.1) is 0 Å². The van der Waals surface area contributed by atoms with Gasteiger partial charge in [0.25, 0.3) is 5.56 Å². The molecule has 0 aliphatic rings. The second-order valence-electron chi connectivity index (χ2n) is 7.59. The first-order valence-corrected chi connectivity index (χ1v) is 11.8. The number of fused-ring (bicyclic) bond motifs is 1. The molecule has 0 saturated heterocycles. The van der Waals surface area contributed by atoms with Gasteiger partial charge in [0.15, 0.2) is 5.16 Å². The van der Waals surface area contributed by atoms with E-state index in [-0.39, 0.29) is 11.5 Å². The average Bonchev–Trinajstić information content (AvgIpc) is 3.19. The molecule has 4 aromatic rings. The van der Waals surface area contributed by atoms with Crippen molar-refractivity contribution < 1.29 is 4.79 Å². The van der Waals surface area contributed by atoms with Crippen molar-refractivity contribution in [3.8, 4) is 11.1 Å². The smallest absolute Gasteiger partial charge is 0.260 e. The molecular formula is C24H23N3O2S2. The fourth-order valence-electron chi connectivity index (χ4n) is 3.23. The topological polar surface area (TPSA) is 74.8 Å². The molecule has 1 atom stereocenters. The van der Waals surface area contributed by atoms with Crippen molar-refractivity contribution in [3.05, 3.63) is 75.9 Å². The third-order valence-electron chi connectivity index (χ3n) is 5.01. The molecule has 0 saturated carbocycles. The summed E-state index contributed by atoms with van der Waals surface area (Å²) in [5.41, 5.74) is 3.70. The highest BCUT2D eigenvalue weighted by atomic mass is 32.2. The Morgan fingerprint density at radius 2 is 1.77 bits per heavy atom. The normalized spacial score (nSPS) is 12.3. The third-order valence-corrected chi connectivity index (χ3v) is 6.87. The molecule has 7 heteroatoms. The predicted octanol–water partition coefficient (Wildman–Crippen LogP) is 5.89. The van der Waals surface area contributed by atoms with Gasteiger partial charge in [-0.1, -0.05) is 68.1 Å². The zero-order valence-electron chi connectivity index (χ0n) is 17.5. The first kappa shape index (κ1) is 21.3. The van der Waals surface area contributed by atoms with Crippen LogP contribution in [-0.4, -0.2) is 21.1 Å². The lowest BCUT2D eigenvalue weighted by Gasteiger charge is -2.11. The number of hydrogen-bond donors (Lipinski definition) is 2. The van der Waals surface area contributed by atoms with Crippen molar-refractivity contribution in [1.29, 1.82) is 0 Å². The van der Waals surface area contributed by atoms with E-state index in [2.05, 4.69) is 53.4 Å². The lowest BCUT2D eigenvalue weighted by atomic mass is 9.99. The molecule has 2 heterocycles. The van der Waals surface area contributed by atoms with Crippen molar-refractivity contribution in [2.24, 2.45) is 0 Å². The molecule has 158 valence electrons. The zero-order valence-corrected chi connectivity index (χ0v) is 19.1. The number of aromatic amines is 1. The van der Waals surface area contributed by atoms with Crippen LogP contribution in [-0.2, 0) is 4.79 Å². The standard InChI is InChI=1S/C24H23N3O2S2/c1-14(2)16-9-11-17(12-10-16)19-13-30-23-20(19)22(29)26-24(27-23)31-15(3)21(28)25-18-7-5-4-6-8-18/h4-15H,1-3H3,(H,25,28)(H,26,27,29). The Morgan fingerprint density at radius 1 is 1.06 bits per heavy atom. The Bertz CT molecular complexity index is 1260. The van der Waals surface area contributed by atoms with Crippen LogP contribution in [0.25, 0.3) is 21.3 Å². The van der Waals surface area contributed by atoms with Gasteiger partial charge in [0.05, 0.1) is 10.6 Å². The number of nitrogens with one attached hydrogen (secondary N) is 2. The Hall–Kier alpha value is -2.90. The van der Waals surface area contributed by atoms with E-state index in [1.807, 2.05) is 35.7 Å². The number of amides is 1. The summed E-state index contributed by atoms with van der Waals surface area (Å²) in [4.78, 5) is 33.5. The van der Waals surface area contributed by atoms with Crippen molar-refractivity contribution in [2.45, 2.75) is 37.1 Å². The number of carbonyl (C=O) groups is 1. The first-order chi connectivity index (χ1) is 14.9. The number of H-pyrrole nitrogens is 1. The molecule has 0 aliphatic heterocycles. The maximum atomic E-state index is 12.9. The molecule has 0 aliphatic carbocycles. The molecule has 0 fully saturated rings. The Kier molecular flexibility index (Phi) is 6.25. The zero-order chi connectivity index (χ0) is 22.0. The summed E-state index contributed by atoms with van der Waals surface area (Å²) in [5.74, 6) is 0.315. The fraction of sp³-hybridized carbons (Fsp3) is 0.208. The van der Waals surface area contributed by atoms with Crippen molar-refractivity contribution in [2.75, 3.05) is 5.32 Å². The highest BCUT2D eigenvalue weighted by Crippen LogP contribution is 2.33. The Balaban J connectivity index is 1.56. The molecule has 0 bridgehead atoms. The maximum Gasteiger partial charge on any atom is 0.260 e. The summed E-state index contributed by atoms with van der Waals surface area (Å²) in [7, 11) is 0. The van der Waals surface area contributed by atoms with Crippen LogP contribution < -0.4 is 10.9 Å². The van der Waals surface area contributed by atoms with Gasteiger partial charge in [0, 0.05) is 16.6 Å². The molecule has 2 N–H and O–H groups in total. The summed E-state index contributed by atoms with van der Waals surface area (Å²) in [5, 5.41) is 5.46. The number of hydrogen-bond acceptors (Lipinski definition) is 5. The number of nitrogens with zero attached hydrogens (tertiary/aromatic N) is 1. The van der Waals surface area contributed by atoms with E-state index in [9.17, 15) is 9.59 Å². The number of para-hydroxylation sites is 1. The van der Waals surface area contributed by atoms with Crippen molar-refractivity contribution in [3.63, 3.8) is 0 Å². The highest BCUT2D eigenvalue weighted by Gasteiger charge is 2.18. The molecular weight excluding hydrogens is 426 g/mol. The lowest BCUT2D eigenvalue weighted by Crippen LogP contribution is -2.23. The van der Waals surface area contributed by atoms with Crippen LogP contribution in [0.3, 0.4) is 0 Å². The number of thioether (sulfide) groups is 1. The van der Waals surface area contributed by atoms with Crippen molar-refractivity contribution in [1.82, 2.24) is 9.97 Å². The van der Waals surface area contributed by atoms with Gasteiger partial charge >= 0.3 is 0 Å². The molecule has 5 nitrogen and oxygen atoms in total. The quantitative estimate of drug-likeness (QED) is 0.284. The Morgan fingerprint density at radius 3 is 2.45 bits per heavy atom. The van der Waals surface area contributed by atoms with Crippen LogP contribution in [0.4, 0.5) is 5.69 Å². The van der Waals surface area contributed by atoms with E-state index in [1.165, 1.54) is 28.7 Å². The van der Waals surface area contributed by atoms with Gasteiger partial charge in [-0.25, -0.2) is 4.98 Å². The molecule has 1 amide bonds. The molecule has 31 heavy (non-hydrogen) atoms. The lowest BCUT2D eigenvalue weighted by molar-refractivity contribution is -0.115. The molecule has 2 aromatic heterocycles. The monoisotopic (exact) mass is 449 g/mol. The summed E-state index contributed by atoms with van der Waals surface area (Å²) in [6.07, 6.45) is 0. The van der Waals surface area contributed by atoms with Gasteiger partial charge in [0.2, 0.25) is 5.91 Å². The number of aromatic nitrogens is 2. The molecule has 1 unspecified atom stereocenters. The number of anilines is 1. The minimum atomic E-state index is -0.413. The van der Waals surface area contributed by atoms with E-state index in [4.69, 9.17) is 0 Å². The summed E-state index contributed by atoms with van der Waals surface area (Å²) < 4.78 is 0. The van der Waals surface area contributed by atoms with E-state index in [0.29, 0.717) is 21.3 Å². The van der Waals surface area contributed by atoms with Gasteiger partial charge in [-0.05, 0) is 36.1 Å². The van der Waals surface area contributed by atoms with E-state index in [1.54, 1.807) is 6.92 Å². The minimum Gasteiger partial charge on any atom is -0.325 e. The van der Waals surface area contributed by atoms with E-state index >= 15 is 0 Å². The second kappa shape index (κ2) is 9.08. The predicted molar refractivity (Wildman–Crippen MR) is 130 cm³/mol. The maximum absolute atomic E-state index is 12.9. The minimum absolute atomic E-state index is 0.143. The first-order valence-electron chi connectivity index (χ1n) is 10.1. The van der Waals surface area contributed by atoms with E-state index < -0.39 is 5.25 Å². The van der Waals surface area contributed by atoms with Gasteiger partial charge in [0.1, 0.15) is 4.83 Å². The SMILES string of the molecule is CC(Sc1nc2scc(-c3ccc(C(C)C)cc3)c2c(=O)[nH]1)C(=O)Nc1ccccc1. The summed E-state index contributed by atoms with van der Waals surface area (Å²) in [6, 6.07) is 17.6. The number of thiophene rings is 1. The number of rotatable bonds is 6. The van der Waals surface area contributed by atoms with Crippen LogP contribution in [0.1, 0.15) is 32.3 Å². The van der Waals surface area contributed by atoms with Gasteiger partial charge < -0.3 is 10.3 Å². The van der Waals surface area contributed by atoms with Crippen LogP contribution in [0.5, 0.6) is 0 Å². The van der Waals surface area contributed by atoms with Crippen LogP contribution >= 0.6 is 23.1 Å². The highest BCUT2D eigenvalue weighted by molar-refractivity contribution is 8.00. The van der Waals surface area contributed by atoms with Crippen molar-refractivity contribution >= 4 is 44.9 Å². The largest absolute Gasteiger partial charge is 0.325 e. The molecule has 2 aromatic carbocycles. The van der Waals surface area contributed by atoms with Gasteiger partial charge in [-0.3, -0.25) is 9.59 Å². The fourth-order valence-corrected chi connectivity index (χ4v) is 5.03. The number of benzene rings is 2. The Labute approximate surface area is 188 Å². The summed E-state index contributed by atoms with van der Waals surface area (Å²) in [6.45, 7) is 6.11. The van der Waals surface area contributed by atoms with Crippen LogP contribution in [0.15, 0.2) is 69.9 Å². The summed E-state index contributed by atoms with van der Waals surface area (Å²) >= 11 is 2.68. The number of carbonyl (C=O) groups excluding carboxylic acids is 1. The molecule has 0 radical (unpaired) electrons. The van der Waals surface area contributed by atoms with E-state index in [0.717, 1.165) is 16.8 Å². The third kappa shape index (κ3) is 4.73. The van der Waals surface area contributed by atoms with Gasteiger partial charge in [-0.2, -0.15) is 0 Å². The average molecular weight is 450 g/mol. The van der Waals surface area contributed by atoms with Gasteiger partial charge in [-0.15, -0.1) is 11.3 Å². The molecule has 4 rings (SSSR count). The molecule has 0 spiro atoms. The second-order valence-corrected chi connectivity index (χ2v) is 9.78.